The quantitative estimate of drug-likeness (QED) is 0.00779. The molecule has 7 aromatic carbocycles. The summed E-state index contributed by atoms with van der Waals surface area (Å²) in [4.78, 5) is 39.7. The predicted octanol–water partition coefficient (Wildman–Crippen LogP) is 9.31. The monoisotopic (exact) mass is 1790 g/mol. The van der Waals surface area contributed by atoms with Crippen molar-refractivity contribution in [2.75, 3.05) is 192 Å². The number of esters is 1. The van der Waals surface area contributed by atoms with Gasteiger partial charge in [-0.2, -0.15) is 38.2 Å². The maximum absolute atomic E-state index is 13.9. The molecule has 0 bridgehead atoms. The normalized spacial score (nSPS) is 16.0. The van der Waals surface area contributed by atoms with E-state index in [2.05, 4.69) is 5.32 Å². The van der Waals surface area contributed by atoms with E-state index in [1.54, 1.807) is 57.7 Å². The molecule has 2 unspecified atom stereocenters. The molecule has 36 heteroatoms. The Bertz CT molecular complexity index is 5220. The van der Waals surface area contributed by atoms with Gasteiger partial charge in [0.2, 0.25) is 5.69 Å². The van der Waals surface area contributed by atoms with Crippen molar-refractivity contribution in [2.45, 2.75) is 95.6 Å². The lowest BCUT2D eigenvalue weighted by Gasteiger charge is -2.31. The first-order chi connectivity index (χ1) is 58.5. The van der Waals surface area contributed by atoms with Crippen molar-refractivity contribution >= 4 is 121 Å². The highest BCUT2D eigenvalue weighted by atomic mass is 32.2. The summed E-state index contributed by atoms with van der Waals surface area (Å²) >= 11 is 0. The fourth-order valence-electron chi connectivity index (χ4n) is 14.9. The van der Waals surface area contributed by atoms with Gasteiger partial charge in [0.1, 0.15) is 22.1 Å². The number of methoxy groups -OCH3 is 4. The summed E-state index contributed by atoms with van der Waals surface area (Å²) in [5.74, 6) is -0.986. The van der Waals surface area contributed by atoms with Gasteiger partial charge < -0.3 is 71.8 Å². The number of ketones is 1. The number of nitrogens with one attached hydrogen (secondary N) is 1. The zero-order chi connectivity index (χ0) is 87.9. The molecule has 0 fully saturated rings. The van der Waals surface area contributed by atoms with Crippen LogP contribution in [-0.2, 0) is 118 Å². The third-order valence-electron chi connectivity index (χ3n) is 20.8. The third kappa shape index (κ3) is 26.9. The van der Waals surface area contributed by atoms with Crippen LogP contribution in [0.15, 0.2) is 171 Å². The molecule has 2 aliphatic heterocycles. The van der Waals surface area contributed by atoms with Gasteiger partial charge in [-0.1, -0.05) is 72.8 Å². The summed E-state index contributed by atoms with van der Waals surface area (Å²) in [5, 5.41) is 5.46. The number of unbranched alkanes of at least 4 members (excludes halogenated alkanes) is 2. The molecule has 666 valence electrons. The van der Waals surface area contributed by atoms with Gasteiger partial charge in [0.05, 0.1) is 153 Å². The molecule has 0 spiro atoms. The van der Waals surface area contributed by atoms with Crippen molar-refractivity contribution < 1.29 is 132 Å². The number of ether oxygens (including phenoxy) is 13. The van der Waals surface area contributed by atoms with Crippen LogP contribution in [0.1, 0.15) is 97.1 Å². The van der Waals surface area contributed by atoms with E-state index in [9.17, 15) is 66.3 Å². The van der Waals surface area contributed by atoms with Gasteiger partial charge >= 0.3 is 5.97 Å². The van der Waals surface area contributed by atoms with Crippen molar-refractivity contribution in [2.24, 2.45) is 0 Å². The Morgan fingerprint density at radius 2 is 0.918 bits per heavy atom. The van der Waals surface area contributed by atoms with E-state index in [1.807, 2.05) is 96.1 Å². The summed E-state index contributed by atoms with van der Waals surface area (Å²) in [5.41, 5.74) is 0.866. The largest absolute Gasteiger partial charge is 0.465 e. The fourth-order valence-corrected chi connectivity index (χ4v) is 20.1. The molecule has 2 heterocycles. The van der Waals surface area contributed by atoms with Crippen molar-refractivity contribution in [3.8, 4) is 0 Å². The van der Waals surface area contributed by atoms with Crippen LogP contribution >= 0.6 is 7.92 Å². The van der Waals surface area contributed by atoms with E-state index in [-0.39, 0.29) is 152 Å². The van der Waals surface area contributed by atoms with Gasteiger partial charge in [-0.05, 0) is 141 Å². The number of fused-ring (bicyclic) bond motifs is 6. The van der Waals surface area contributed by atoms with Crippen LogP contribution in [0.25, 0.3) is 21.5 Å². The minimum absolute atomic E-state index is 0.0165. The summed E-state index contributed by atoms with van der Waals surface area (Å²) < 4.78 is 225. The van der Waals surface area contributed by atoms with Crippen LogP contribution in [-0.4, -0.2) is 267 Å². The molecule has 0 saturated carbocycles. The van der Waals surface area contributed by atoms with E-state index in [0.29, 0.717) is 148 Å². The van der Waals surface area contributed by atoms with Gasteiger partial charge in [-0.15, -0.1) is 0 Å². The minimum atomic E-state index is -5.21. The van der Waals surface area contributed by atoms with Crippen molar-refractivity contribution in [3.63, 3.8) is 0 Å². The standard InChI is InChI=1S/C86H110N3O28PS4/c1-85(32-37-109-46-49-115-55-52-112-43-40-105-3)79(24-16-25-80-86(2,33-38-110-47-50-116-56-53-113-44-41-106-4)82-73-60-68(120(96,97)98)62-78(122(102,103)104)70(73)29-31-75(82)89(80)36-39-111-48-51-117-57-54-114-45-42-107-5)88(74-30-28-69-72(81(74)85)59-67(119(93,94)95)61-77(69)121(99,100)101)35-15-9-10-18-64(90)19-17-34-87-83(91)63-26-27-71(84(92)108-6)76(58-63)118(65-20-11-7-12-21-65)66-22-13-8-14-23-66/h7-8,11-14,16,20-31,58-62H,9-10,15,17-19,32-57H2,1-6H3,(H4-,87,91,93,94,95,96,97,98,99,100,101,102,103,104)/p+1. The van der Waals surface area contributed by atoms with Crippen molar-refractivity contribution in [3.05, 3.63) is 174 Å². The lowest BCUT2D eigenvalue weighted by atomic mass is 9.74. The number of rotatable bonds is 57. The first-order valence-corrected chi connectivity index (χ1v) is 47.1. The Labute approximate surface area is 715 Å². The molecular formula is C86H111N3O28PS4+. The number of benzene rings is 7. The van der Waals surface area contributed by atoms with E-state index in [0.717, 1.165) is 22.7 Å². The lowest BCUT2D eigenvalue weighted by molar-refractivity contribution is -0.438. The summed E-state index contributed by atoms with van der Waals surface area (Å²) in [6.45, 7) is 9.21. The van der Waals surface area contributed by atoms with E-state index < -0.39 is 90.7 Å². The molecule has 2 aliphatic rings. The fraction of sp³-hybridized carbons (Fsp3) is 0.465. The summed E-state index contributed by atoms with van der Waals surface area (Å²) in [7, 11) is -16.0. The minimum Gasteiger partial charge on any atom is -0.465 e. The Morgan fingerprint density at radius 3 is 1.39 bits per heavy atom. The first-order valence-electron chi connectivity index (χ1n) is 40.0. The number of carbonyl (C=O) groups excluding carboxylic acids is 3. The number of anilines is 1. The molecule has 0 aliphatic carbocycles. The first kappa shape index (κ1) is 98.0. The van der Waals surface area contributed by atoms with Gasteiger partial charge in [-0.3, -0.25) is 27.8 Å². The predicted molar refractivity (Wildman–Crippen MR) is 460 cm³/mol. The third-order valence-corrected chi connectivity index (χ3v) is 26.8. The average molecular weight is 1790 g/mol. The number of Topliss-reactive ketones (excluding diaryl/α,β-unsaturated/α-hetero) is 1. The van der Waals surface area contributed by atoms with E-state index >= 15 is 0 Å². The number of carbonyl (C=O) groups is 3. The maximum Gasteiger partial charge on any atom is 0.338 e. The van der Waals surface area contributed by atoms with E-state index in [4.69, 9.17) is 61.6 Å². The molecule has 0 saturated heterocycles. The smallest absolute Gasteiger partial charge is 0.338 e. The highest BCUT2D eigenvalue weighted by molar-refractivity contribution is 7.87. The second-order valence-corrected chi connectivity index (χ2v) is 36.9. The average Bonchev–Trinajstić information content (AvgIpc) is 1.55. The molecular weight excluding hydrogens is 1680 g/mol. The number of hydrogen-bond acceptors (Lipinski definition) is 25. The molecule has 7 aromatic rings. The molecule has 5 N–H and O–H groups in total. The lowest BCUT2D eigenvalue weighted by Crippen LogP contribution is -2.33. The zero-order valence-corrected chi connectivity index (χ0v) is 73.7. The van der Waals surface area contributed by atoms with Gasteiger partial charge in [0, 0.05) is 123 Å². The second-order valence-electron chi connectivity index (χ2n) is 29.0. The van der Waals surface area contributed by atoms with Gasteiger partial charge in [-0.25, -0.2) is 4.79 Å². The molecule has 1 amide bonds. The Hall–Kier alpha value is -7.79. The highest BCUT2D eigenvalue weighted by Gasteiger charge is 2.50. The van der Waals surface area contributed by atoms with Crippen LogP contribution in [0.4, 0.5) is 11.4 Å². The van der Waals surface area contributed by atoms with Crippen LogP contribution in [0.2, 0.25) is 0 Å². The molecule has 2 atom stereocenters. The van der Waals surface area contributed by atoms with Crippen molar-refractivity contribution in [1.29, 1.82) is 0 Å². The molecule has 0 aromatic heterocycles. The molecule has 0 radical (unpaired) electrons. The number of allylic oxidation sites excluding steroid dienone is 4. The van der Waals surface area contributed by atoms with Crippen LogP contribution in [0.5, 0.6) is 0 Å². The Morgan fingerprint density at radius 1 is 0.467 bits per heavy atom. The maximum atomic E-state index is 13.9. The van der Waals surface area contributed by atoms with Crippen LogP contribution < -0.4 is 26.1 Å². The summed E-state index contributed by atoms with van der Waals surface area (Å²) in [6, 6.07) is 34.2. The Kier molecular flexibility index (Phi) is 38.2. The second kappa shape index (κ2) is 47.5. The SMILES string of the molecule is COCCOCCOCCOCCN1C(=CC=CC2=[N+](CCCCCC(=O)CCCNC(=O)c3ccc(C(=O)OC)c(P(c4ccccc4)c4ccccc4)c3)c3ccc4c(S(=O)(=O)O)cc(S(=O)(=O)O)cc4c3C2(C)CCOCCOCCOCCOC)C(C)(CCOCCOCCOCCOC)c2c1ccc1c(S(=O)(=O)O)cc(S(=O)(=O)O)cc21. The molecule has 31 nitrogen and oxygen atoms in total. The number of nitrogens with zero attached hydrogens (tertiary/aromatic N) is 2. The zero-order valence-electron chi connectivity index (χ0n) is 69.5. The van der Waals surface area contributed by atoms with Crippen molar-refractivity contribution in [1.82, 2.24) is 5.32 Å². The molecule has 9 rings (SSSR count). The van der Waals surface area contributed by atoms with Crippen LogP contribution in [0, 0.1) is 0 Å². The number of hydrogen-bond donors (Lipinski definition) is 5. The summed E-state index contributed by atoms with van der Waals surface area (Å²) in [6.07, 6.45) is 7.67. The van der Waals surface area contributed by atoms with Gasteiger partial charge in [0.15, 0.2) is 5.71 Å². The Balaban J connectivity index is 1.08. The topological polar surface area (TPSA) is 407 Å². The molecule has 122 heavy (non-hydrogen) atoms. The van der Waals surface area contributed by atoms with E-state index in [1.165, 1.54) is 19.2 Å². The van der Waals surface area contributed by atoms with Crippen LogP contribution in [0.3, 0.4) is 0 Å². The highest BCUT2D eigenvalue weighted by Crippen LogP contribution is 2.54. The van der Waals surface area contributed by atoms with Gasteiger partial charge in [0.25, 0.3) is 46.4 Å². The number of amides is 1.